The molecule has 1 aliphatic heterocycles. The second kappa shape index (κ2) is 11.4. The number of carbonyl (C=O) groups excluding carboxylic acids is 4. The van der Waals surface area contributed by atoms with Gasteiger partial charge in [-0.3, -0.25) is 14.5 Å². The van der Waals surface area contributed by atoms with E-state index < -0.39 is 42.2 Å². The van der Waals surface area contributed by atoms with Crippen LogP contribution < -0.4 is 32.7 Å². The predicted octanol–water partition coefficient (Wildman–Crippen LogP) is 1.68. The number of anilines is 2. The molecule has 1 unspecified atom stereocenters. The maximum absolute atomic E-state index is 12.9. The first-order valence-electron chi connectivity index (χ1n) is 11.5. The summed E-state index contributed by atoms with van der Waals surface area (Å²) in [6.45, 7) is 2.84. The van der Waals surface area contributed by atoms with Crippen molar-refractivity contribution >= 4 is 35.3 Å². The van der Waals surface area contributed by atoms with Gasteiger partial charge in [0.05, 0.1) is 23.4 Å². The Morgan fingerprint density at radius 2 is 1.76 bits per heavy atom. The quantitative estimate of drug-likeness (QED) is 0.337. The SMILES string of the molecule is Cc1ccc(CN2CCC(NC(=O)CNC(=O)c3cc(C(F)(F)F)ccc3N)C2)cc1N(C(N)=O)C(N)=O. The fraction of sp³-hybridized carbons (Fsp3) is 0.333. The number of nitrogen functional groups attached to an aromatic ring is 1. The van der Waals surface area contributed by atoms with Gasteiger partial charge in [-0.05, 0) is 48.7 Å². The molecule has 0 radical (unpaired) electrons. The van der Waals surface area contributed by atoms with E-state index in [-0.39, 0.29) is 23.0 Å². The first-order valence-corrected chi connectivity index (χ1v) is 11.5. The summed E-state index contributed by atoms with van der Waals surface area (Å²) < 4.78 is 38.8. The van der Waals surface area contributed by atoms with Gasteiger partial charge in [0.1, 0.15) is 0 Å². The van der Waals surface area contributed by atoms with Gasteiger partial charge in [-0.25, -0.2) is 14.5 Å². The first-order chi connectivity index (χ1) is 17.8. The number of nitrogens with one attached hydrogen (secondary N) is 2. The first kappa shape index (κ1) is 28.2. The van der Waals surface area contributed by atoms with Crippen LogP contribution in [0.4, 0.5) is 34.1 Å². The molecule has 1 atom stereocenters. The zero-order valence-electron chi connectivity index (χ0n) is 20.5. The summed E-state index contributed by atoms with van der Waals surface area (Å²) >= 11 is 0. The summed E-state index contributed by atoms with van der Waals surface area (Å²) in [6, 6.07) is 5.39. The lowest BCUT2D eigenvalue weighted by atomic mass is 10.1. The highest BCUT2D eigenvalue weighted by Crippen LogP contribution is 2.31. The summed E-state index contributed by atoms with van der Waals surface area (Å²) in [5, 5.41) is 5.07. The average Bonchev–Trinajstić information content (AvgIpc) is 3.25. The van der Waals surface area contributed by atoms with Crippen LogP contribution in [0.2, 0.25) is 0 Å². The van der Waals surface area contributed by atoms with E-state index in [1.54, 1.807) is 19.1 Å². The number of halogens is 3. The fourth-order valence-corrected chi connectivity index (χ4v) is 4.16. The molecule has 0 saturated carbocycles. The molecule has 2 aromatic carbocycles. The van der Waals surface area contributed by atoms with Crippen molar-refractivity contribution in [2.45, 2.75) is 32.1 Å². The zero-order valence-corrected chi connectivity index (χ0v) is 20.5. The number of urea groups is 2. The van der Waals surface area contributed by atoms with Gasteiger partial charge in [-0.1, -0.05) is 12.1 Å². The largest absolute Gasteiger partial charge is 0.416 e. The van der Waals surface area contributed by atoms with Crippen LogP contribution in [0.25, 0.3) is 0 Å². The summed E-state index contributed by atoms with van der Waals surface area (Å²) in [5.74, 6) is -1.40. The third kappa shape index (κ3) is 6.91. The van der Waals surface area contributed by atoms with Crippen molar-refractivity contribution in [1.29, 1.82) is 0 Å². The minimum absolute atomic E-state index is 0.142. The third-order valence-corrected chi connectivity index (χ3v) is 6.03. The third-order valence-electron chi connectivity index (χ3n) is 6.03. The van der Waals surface area contributed by atoms with Crippen molar-refractivity contribution < 1.29 is 32.3 Å². The van der Waals surface area contributed by atoms with E-state index in [0.717, 1.165) is 17.7 Å². The second-order valence-electron chi connectivity index (χ2n) is 8.90. The van der Waals surface area contributed by atoms with Crippen LogP contribution >= 0.6 is 0 Å². The summed E-state index contributed by atoms with van der Waals surface area (Å²) in [6.07, 6.45) is -4.02. The van der Waals surface area contributed by atoms with E-state index in [0.29, 0.717) is 42.6 Å². The van der Waals surface area contributed by atoms with E-state index in [2.05, 4.69) is 10.6 Å². The molecule has 1 saturated heterocycles. The number of primary amides is 2. The van der Waals surface area contributed by atoms with Gasteiger partial charge in [-0.15, -0.1) is 0 Å². The van der Waals surface area contributed by atoms with Crippen LogP contribution in [-0.2, 0) is 17.5 Å². The highest BCUT2D eigenvalue weighted by molar-refractivity contribution is 6.12. The van der Waals surface area contributed by atoms with Crippen molar-refractivity contribution in [2.24, 2.45) is 11.5 Å². The second-order valence-corrected chi connectivity index (χ2v) is 8.90. The number of alkyl halides is 3. The lowest BCUT2D eigenvalue weighted by Crippen LogP contribution is -2.44. The highest BCUT2D eigenvalue weighted by Gasteiger charge is 2.32. The Morgan fingerprint density at radius 1 is 1.08 bits per heavy atom. The number of nitrogens with zero attached hydrogens (tertiary/aromatic N) is 2. The van der Waals surface area contributed by atoms with Gasteiger partial charge in [0, 0.05) is 31.4 Å². The molecule has 204 valence electrons. The molecule has 1 fully saturated rings. The zero-order chi connectivity index (χ0) is 28.2. The summed E-state index contributed by atoms with van der Waals surface area (Å²) in [4.78, 5) is 50.7. The molecule has 0 spiro atoms. The smallest absolute Gasteiger partial charge is 0.398 e. The lowest BCUT2D eigenvalue weighted by Gasteiger charge is -2.21. The van der Waals surface area contributed by atoms with Gasteiger partial charge in [0.25, 0.3) is 5.91 Å². The monoisotopic (exact) mass is 535 g/mol. The molecular formula is C24H28F3N7O4. The number of imide groups is 1. The van der Waals surface area contributed by atoms with Crippen molar-refractivity contribution in [3.8, 4) is 0 Å². The van der Waals surface area contributed by atoms with Crippen LogP contribution in [0.1, 0.15) is 33.5 Å². The molecule has 1 heterocycles. The van der Waals surface area contributed by atoms with Crippen molar-refractivity contribution in [1.82, 2.24) is 15.5 Å². The topological polar surface area (TPSA) is 177 Å². The minimum atomic E-state index is -4.64. The Kier molecular flexibility index (Phi) is 8.46. The fourth-order valence-electron chi connectivity index (χ4n) is 4.16. The Morgan fingerprint density at radius 3 is 2.39 bits per heavy atom. The molecular weight excluding hydrogens is 507 g/mol. The predicted molar refractivity (Wildman–Crippen MR) is 133 cm³/mol. The van der Waals surface area contributed by atoms with E-state index in [1.807, 2.05) is 11.0 Å². The number of carbonyl (C=O) groups is 4. The maximum atomic E-state index is 12.9. The Balaban J connectivity index is 1.54. The van der Waals surface area contributed by atoms with Crippen molar-refractivity contribution in [3.63, 3.8) is 0 Å². The normalized spacial score (nSPS) is 15.6. The molecule has 0 aromatic heterocycles. The molecule has 0 bridgehead atoms. The minimum Gasteiger partial charge on any atom is -0.398 e. The molecule has 38 heavy (non-hydrogen) atoms. The van der Waals surface area contributed by atoms with E-state index in [1.165, 1.54) is 0 Å². The number of hydrogen-bond acceptors (Lipinski definition) is 6. The van der Waals surface area contributed by atoms with E-state index >= 15 is 0 Å². The van der Waals surface area contributed by atoms with Crippen molar-refractivity contribution in [3.05, 3.63) is 58.7 Å². The van der Waals surface area contributed by atoms with Crippen LogP contribution in [-0.4, -0.2) is 54.5 Å². The molecule has 6 amide bonds. The van der Waals surface area contributed by atoms with Gasteiger partial charge < -0.3 is 27.8 Å². The summed E-state index contributed by atoms with van der Waals surface area (Å²) in [7, 11) is 0. The Hall–Kier alpha value is -4.33. The molecule has 8 N–H and O–H groups in total. The van der Waals surface area contributed by atoms with Gasteiger partial charge in [0.2, 0.25) is 5.91 Å². The number of rotatable bonds is 7. The average molecular weight is 536 g/mol. The van der Waals surface area contributed by atoms with Gasteiger partial charge in [-0.2, -0.15) is 13.2 Å². The number of benzene rings is 2. The molecule has 1 aliphatic rings. The Bertz CT molecular complexity index is 1240. The number of amides is 6. The van der Waals surface area contributed by atoms with Crippen LogP contribution in [0, 0.1) is 6.92 Å². The van der Waals surface area contributed by atoms with Crippen molar-refractivity contribution in [2.75, 3.05) is 30.3 Å². The molecule has 14 heteroatoms. The number of nitrogens with two attached hydrogens (primary N) is 3. The molecule has 11 nitrogen and oxygen atoms in total. The Labute approximate surface area is 216 Å². The standard InChI is InChI=1S/C24H28F3N7O4/c1-13-2-3-14(8-19(13)34(22(29)37)23(30)38)11-33-7-6-16(12-33)32-20(35)10-31-21(36)17-9-15(24(25,26)27)4-5-18(17)28/h2-5,8-9,16H,6-7,10-12,28H2,1H3,(H2,29,37)(H2,30,38)(H,31,36)(H,32,35). The molecule has 3 rings (SSSR count). The van der Waals surface area contributed by atoms with Gasteiger partial charge >= 0.3 is 18.2 Å². The lowest BCUT2D eigenvalue weighted by molar-refractivity contribution is -0.137. The maximum Gasteiger partial charge on any atom is 0.416 e. The number of likely N-dealkylation sites (tertiary alicyclic amines) is 1. The van der Waals surface area contributed by atoms with Gasteiger partial charge in [0.15, 0.2) is 0 Å². The molecule has 0 aliphatic carbocycles. The highest BCUT2D eigenvalue weighted by atomic mass is 19.4. The van der Waals surface area contributed by atoms with E-state index in [9.17, 15) is 32.3 Å². The van der Waals surface area contributed by atoms with Crippen LogP contribution in [0.5, 0.6) is 0 Å². The van der Waals surface area contributed by atoms with Crippen LogP contribution in [0.15, 0.2) is 36.4 Å². The molecule has 2 aromatic rings. The van der Waals surface area contributed by atoms with Crippen LogP contribution in [0.3, 0.4) is 0 Å². The number of hydrogen-bond donors (Lipinski definition) is 5. The summed E-state index contributed by atoms with van der Waals surface area (Å²) in [5.41, 5.74) is 16.4. The number of aryl methyl sites for hydroxylation is 1. The van der Waals surface area contributed by atoms with E-state index in [4.69, 9.17) is 17.2 Å².